The Balaban J connectivity index is 2.48. The number of rotatable bonds is 3. The smallest absolute Gasteiger partial charge is 0.393 e. The van der Waals surface area contributed by atoms with Crippen LogP contribution < -0.4 is 11.4 Å². The molecule has 0 spiro atoms. The summed E-state index contributed by atoms with van der Waals surface area (Å²) in [6.07, 6.45) is -7.32. The zero-order chi connectivity index (χ0) is 16.7. The lowest BCUT2D eigenvalue weighted by Gasteiger charge is -2.24. The minimum atomic E-state index is -4.82. The van der Waals surface area contributed by atoms with Crippen LogP contribution >= 0.6 is 11.6 Å². The molecule has 0 aromatic carbocycles. The normalized spacial score (nSPS) is 29.0. The molecule has 3 atom stereocenters. The molecule has 0 saturated carbocycles. The van der Waals surface area contributed by atoms with Crippen LogP contribution in [0.25, 0.3) is 0 Å². The average Bonchev–Trinajstić information content (AvgIpc) is 2.75. The van der Waals surface area contributed by atoms with Crippen molar-refractivity contribution >= 4 is 17.4 Å². The van der Waals surface area contributed by atoms with Crippen molar-refractivity contribution in [2.75, 3.05) is 18.2 Å². The van der Waals surface area contributed by atoms with Crippen molar-refractivity contribution in [1.82, 2.24) is 9.55 Å². The molecule has 0 aliphatic carbocycles. The van der Waals surface area contributed by atoms with Gasteiger partial charge in [-0.3, -0.25) is 4.57 Å². The third kappa shape index (κ3) is 2.91. The molecule has 1 aromatic heterocycles. The molecule has 2 heterocycles. The van der Waals surface area contributed by atoms with Crippen molar-refractivity contribution in [3.63, 3.8) is 0 Å². The molecule has 2 rings (SSSR count). The highest BCUT2D eigenvalue weighted by molar-refractivity contribution is 6.18. The second kappa shape index (κ2) is 5.69. The third-order valence-corrected chi connectivity index (χ3v) is 3.86. The molecular formula is C11H13ClF3N3O4. The van der Waals surface area contributed by atoms with E-state index in [9.17, 15) is 28.2 Å². The first-order valence-corrected chi connectivity index (χ1v) is 6.65. The predicted octanol–water partition coefficient (Wildman–Crippen LogP) is 0.0940. The summed E-state index contributed by atoms with van der Waals surface area (Å²) in [5.41, 5.74) is 1.33. The minimum absolute atomic E-state index is 0.143. The molecule has 2 unspecified atom stereocenters. The first kappa shape index (κ1) is 17.0. The Morgan fingerprint density at radius 2 is 2.23 bits per heavy atom. The summed E-state index contributed by atoms with van der Waals surface area (Å²) in [6.45, 7) is -0.562. The van der Waals surface area contributed by atoms with Gasteiger partial charge in [-0.1, -0.05) is 0 Å². The monoisotopic (exact) mass is 343 g/mol. The van der Waals surface area contributed by atoms with Crippen molar-refractivity contribution in [3.8, 4) is 0 Å². The summed E-state index contributed by atoms with van der Waals surface area (Å²) in [5, 5.41) is 19.2. The number of hydrogen-bond acceptors (Lipinski definition) is 6. The molecule has 1 aliphatic rings. The lowest BCUT2D eigenvalue weighted by molar-refractivity contribution is -0.138. The molecule has 1 saturated heterocycles. The van der Waals surface area contributed by atoms with E-state index in [-0.39, 0.29) is 12.3 Å². The molecule has 4 N–H and O–H groups in total. The van der Waals surface area contributed by atoms with E-state index in [2.05, 4.69) is 4.98 Å². The second-order valence-corrected chi connectivity index (χ2v) is 5.25. The topological polar surface area (TPSA) is 111 Å². The van der Waals surface area contributed by atoms with Crippen LogP contribution in [-0.4, -0.2) is 44.0 Å². The standard InChI is InChI=1S/C11H13ClF3N3O4/c12-3-10(4-19)1-6(20)8(22-10)18-2-5(11(13,14)15)7(16)17-9(18)21/h2,6,8,19-20H,1,3-4H2,(H2,16,17,21)/t6?,8?,10-/m1/s1. The van der Waals surface area contributed by atoms with Gasteiger partial charge in [-0.05, 0) is 0 Å². The fourth-order valence-electron chi connectivity index (χ4n) is 2.22. The van der Waals surface area contributed by atoms with Crippen LogP contribution in [0.15, 0.2) is 11.0 Å². The van der Waals surface area contributed by atoms with E-state index in [4.69, 9.17) is 22.1 Å². The highest BCUT2D eigenvalue weighted by Crippen LogP contribution is 2.38. The van der Waals surface area contributed by atoms with Crippen LogP contribution in [0.1, 0.15) is 18.2 Å². The molecule has 7 nitrogen and oxygen atoms in total. The number of aromatic nitrogens is 2. The van der Waals surface area contributed by atoms with Crippen molar-refractivity contribution < 1.29 is 28.1 Å². The number of alkyl halides is 4. The fraction of sp³-hybridized carbons (Fsp3) is 0.636. The molecule has 124 valence electrons. The fourth-order valence-corrected chi connectivity index (χ4v) is 2.48. The Hall–Kier alpha value is -1.36. The first-order valence-electron chi connectivity index (χ1n) is 6.12. The van der Waals surface area contributed by atoms with Crippen LogP contribution in [0.5, 0.6) is 0 Å². The Labute approximate surface area is 127 Å². The van der Waals surface area contributed by atoms with Gasteiger partial charge in [-0.25, -0.2) is 4.79 Å². The predicted molar refractivity (Wildman–Crippen MR) is 69.2 cm³/mol. The number of nitrogens with two attached hydrogens (primary N) is 1. The molecule has 1 fully saturated rings. The maximum atomic E-state index is 12.8. The van der Waals surface area contributed by atoms with Gasteiger partial charge in [0.2, 0.25) is 0 Å². The molecular weight excluding hydrogens is 331 g/mol. The summed E-state index contributed by atoms with van der Waals surface area (Å²) < 4.78 is 44.3. The number of aliphatic hydroxyl groups excluding tert-OH is 2. The van der Waals surface area contributed by atoms with E-state index in [1.807, 2.05) is 0 Å². The summed E-state index contributed by atoms with van der Waals surface area (Å²) in [7, 11) is 0. The number of aliphatic hydroxyl groups is 2. The number of anilines is 1. The highest BCUT2D eigenvalue weighted by Gasteiger charge is 2.47. The van der Waals surface area contributed by atoms with Gasteiger partial charge in [0.15, 0.2) is 6.23 Å². The number of halogens is 4. The summed E-state index contributed by atoms with van der Waals surface area (Å²) in [4.78, 5) is 14.9. The summed E-state index contributed by atoms with van der Waals surface area (Å²) in [6, 6.07) is 0. The van der Waals surface area contributed by atoms with Gasteiger partial charge in [0.05, 0.1) is 12.5 Å². The number of hydrogen-bond donors (Lipinski definition) is 3. The average molecular weight is 344 g/mol. The minimum Gasteiger partial charge on any atom is -0.393 e. The van der Waals surface area contributed by atoms with Gasteiger partial charge in [0.25, 0.3) is 0 Å². The maximum Gasteiger partial charge on any atom is 0.421 e. The van der Waals surface area contributed by atoms with E-state index in [1.54, 1.807) is 0 Å². The van der Waals surface area contributed by atoms with Gasteiger partial charge < -0.3 is 20.7 Å². The van der Waals surface area contributed by atoms with Crippen molar-refractivity contribution in [3.05, 3.63) is 22.2 Å². The molecule has 1 aromatic rings. The summed E-state index contributed by atoms with van der Waals surface area (Å²) >= 11 is 5.65. The Kier molecular flexibility index (Phi) is 4.39. The zero-order valence-corrected chi connectivity index (χ0v) is 11.8. The van der Waals surface area contributed by atoms with Gasteiger partial charge in [-0.15, -0.1) is 11.6 Å². The van der Waals surface area contributed by atoms with Crippen molar-refractivity contribution in [2.24, 2.45) is 0 Å². The van der Waals surface area contributed by atoms with Crippen LogP contribution in [-0.2, 0) is 10.9 Å². The number of nitrogens with zero attached hydrogens (tertiary/aromatic N) is 2. The number of nitrogen functional groups attached to an aromatic ring is 1. The lowest BCUT2D eigenvalue weighted by Crippen LogP contribution is -2.37. The van der Waals surface area contributed by atoms with Crippen molar-refractivity contribution in [1.29, 1.82) is 0 Å². The van der Waals surface area contributed by atoms with E-state index in [0.29, 0.717) is 10.8 Å². The Bertz CT molecular complexity index is 618. The van der Waals surface area contributed by atoms with Crippen LogP contribution in [0.3, 0.4) is 0 Å². The van der Waals surface area contributed by atoms with Crippen LogP contribution in [0.2, 0.25) is 0 Å². The summed E-state index contributed by atoms with van der Waals surface area (Å²) in [5.74, 6) is -1.17. The second-order valence-electron chi connectivity index (χ2n) is 4.98. The molecule has 0 bridgehead atoms. The zero-order valence-electron chi connectivity index (χ0n) is 11.0. The molecule has 0 amide bonds. The van der Waals surface area contributed by atoms with Crippen molar-refractivity contribution in [2.45, 2.75) is 30.5 Å². The highest BCUT2D eigenvalue weighted by atomic mass is 35.5. The van der Waals surface area contributed by atoms with E-state index in [1.165, 1.54) is 0 Å². The van der Waals surface area contributed by atoms with Crippen LogP contribution in [0.4, 0.5) is 19.0 Å². The molecule has 22 heavy (non-hydrogen) atoms. The Morgan fingerprint density at radius 1 is 1.59 bits per heavy atom. The molecule has 11 heteroatoms. The first-order chi connectivity index (χ1) is 10.1. The molecule has 0 radical (unpaired) electrons. The third-order valence-electron chi connectivity index (χ3n) is 3.37. The number of ether oxygens (including phenoxy) is 1. The maximum absolute atomic E-state index is 12.8. The van der Waals surface area contributed by atoms with Crippen LogP contribution in [0, 0.1) is 0 Å². The largest absolute Gasteiger partial charge is 0.421 e. The van der Waals surface area contributed by atoms with Gasteiger partial charge in [0.1, 0.15) is 23.1 Å². The van der Waals surface area contributed by atoms with E-state index in [0.717, 1.165) is 0 Å². The Morgan fingerprint density at radius 3 is 2.68 bits per heavy atom. The SMILES string of the molecule is Nc1nc(=O)n(C2O[C@@](CO)(CCl)CC2O)cc1C(F)(F)F. The van der Waals surface area contributed by atoms with E-state index < -0.39 is 47.8 Å². The molecule has 1 aliphatic heterocycles. The van der Waals surface area contributed by atoms with Gasteiger partial charge >= 0.3 is 11.9 Å². The lowest BCUT2D eigenvalue weighted by atomic mass is 10.0. The quantitative estimate of drug-likeness (QED) is 0.671. The van der Waals surface area contributed by atoms with E-state index >= 15 is 0 Å². The van der Waals surface area contributed by atoms with Gasteiger partial charge in [-0.2, -0.15) is 18.2 Å². The van der Waals surface area contributed by atoms with Gasteiger partial charge in [0, 0.05) is 12.6 Å².